The van der Waals surface area contributed by atoms with Gasteiger partial charge < -0.3 is 8.85 Å². The van der Waals surface area contributed by atoms with E-state index in [0.717, 1.165) is 43.5 Å². The molecule has 0 spiro atoms. The van der Waals surface area contributed by atoms with Crippen molar-refractivity contribution in [3.05, 3.63) is 0 Å². The Morgan fingerprint density at radius 3 is 1.81 bits per heavy atom. The standard InChI is InChI=1S/C12H27BrO2Si/c1-4-7-11-16(12-8-13,14-9-5-2)15-10-6-3/h4-12H2,1-3H3. The van der Waals surface area contributed by atoms with Gasteiger partial charge in [-0.3, -0.25) is 0 Å². The summed E-state index contributed by atoms with van der Waals surface area (Å²) in [6.45, 7) is 8.26. The van der Waals surface area contributed by atoms with Gasteiger partial charge in [-0.1, -0.05) is 49.5 Å². The second kappa shape index (κ2) is 10.8. The van der Waals surface area contributed by atoms with E-state index in [9.17, 15) is 0 Å². The zero-order valence-corrected chi connectivity index (χ0v) is 13.6. The minimum Gasteiger partial charge on any atom is -0.394 e. The highest BCUT2D eigenvalue weighted by Crippen LogP contribution is 2.23. The van der Waals surface area contributed by atoms with Crippen LogP contribution >= 0.6 is 15.9 Å². The molecule has 0 aromatic rings. The molecule has 4 heteroatoms. The number of hydrogen-bond donors (Lipinski definition) is 0. The zero-order chi connectivity index (χ0) is 12.3. The van der Waals surface area contributed by atoms with Gasteiger partial charge in [-0.25, -0.2) is 0 Å². The molecule has 0 saturated carbocycles. The fraction of sp³-hybridized carbons (Fsp3) is 1.00. The van der Waals surface area contributed by atoms with Gasteiger partial charge in [-0.05, 0) is 18.9 Å². The number of rotatable bonds is 11. The normalized spacial score (nSPS) is 12.0. The van der Waals surface area contributed by atoms with Gasteiger partial charge >= 0.3 is 8.56 Å². The molecule has 0 unspecified atom stereocenters. The summed E-state index contributed by atoms with van der Waals surface area (Å²) in [5, 5.41) is 0.996. The molecule has 0 aliphatic carbocycles. The van der Waals surface area contributed by atoms with Crippen molar-refractivity contribution in [2.75, 3.05) is 18.5 Å². The van der Waals surface area contributed by atoms with Gasteiger partial charge in [0, 0.05) is 24.6 Å². The molecule has 0 aliphatic rings. The summed E-state index contributed by atoms with van der Waals surface area (Å²) < 4.78 is 12.2. The highest BCUT2D eigenvalue weighted by atomic mass is 79.9. The van der Waals surface area contributed by atoms with Crippen molar-refractivity contribution in [2.45, 2.75) is 58.5 Å². The molecule has 98 valence electrons. The summed E-state index contributed by atoms with van der Waals surface area (Å²) in [4.78, 5) is 0. The largest absolute Gasteiger partial charge is 0.394 e. The fourth-order valence-electron chi connectivity index (χ4n) is 1.62. The summed E-state index contributed by atoms with van der Waals surface area (Å²) in [7, 11) is -1.91. The van der Waals surface area contributed by atoms with Crippen molar-refractivity contribution in [1.29, 1.82) is 0 Å². The number of hydrogen-bond acceptors (Lipinski definition) is 2. The van der Waals surface area contributed by atoms with Crippen LogP contribution in [-0.2, 0) is 8.85 Å². The molecular formula is C12H27BrO2Si. The summed E-state index contributed by atoms with van der Waals surface area (Å²) in [5.41, 5.74) is 0. The van der Waals surface area contributed by atoms with Gasteiger partial charge in [0.2, 0.25) is 0 Å². The van der Waals surface area contributed by atoms with Crippen molar-refractivity contribution in [3.8, 4) is 0 Å². The Hall–Kier alpha value is 0.617. The van der Waals surface area contributed by atoms with Crippen molar-refractivity contribution in [1.82, 2.24) is 0 Å². The predicted molar refractivity (Wildman–Crippen MR) is 76.6 cm³/mol. The minimum atomic E-state index is -1.91. The zero-order valence-electron chi connectivity index (χ0n) is 11.1. The molecule has 0 N–H and O–H groups in total. The summed E-state index contributed by atoms with van der Waals surface area (Å²) in [6, 6.07) is 2.22. The second-order valence-corrected chi connectivity index (χ2v) is 8.34. The smallest absolute Gasteiger partial charge is 0.338 e. The molecule has 0 aliphatic heterocycles. The average molecular weight is 311 g/mol. The molecule has 0 rings (SSSR count). The third-order valence-corrected chi connectivity index (χ3v) is 7.24. The van der Waals surface area contributed by atoms with Crippen LogP contribution in [0.1, 0.15) is 46.5 Å². The molecule has 0 amide bonds. The second-order valence-electron chi connectivity index (χ2n) is 4.15. The number of alkyl halides is 1. The van der Waals surface area contributed by atoms with Gasteiger partial charge in [0.15, 0.2) is 0 Å². The van der Waals surface area contributed by atoms with Crippen LogP contribution in [0.15, 0.2) is 0 Å². The quantitative estimate of drug-likeness (QED) is 0.414. The van der Waals surface area contributed by atoms with Crippen molar-refractivity contribution in [2.24, 2.45) is 0 Å². The molecule has 0 saturated heterocycles. The molecule has 0 radical (unpaired) electrons. The van der Waals surface area contributed by atoms with E-state index in [-0.39, 0.29) is 0 Å². The monoisotopic (exact) mass is 310 g/mol. The van der Waals surface area contributed by atoms with Crippen molar-refractivity contribution in [3.63, 3.8) is 0 Å². The fourth-order valence-corrected chi connectivity index (χ4v) is 6.68. The van der Waals surface area contributed by atoms with Crippen LogP contribution in [0.5, 0.6) is 0 Å². The van der Waals surface area contributed by atoms with Gasteiger partial charge in [0.05, 0.1) is 0 Å². The first-order valence-electron chi connectivity index (χ1n) is 6.58. The van der Waals surface area contributed by atoms with E-state index in [1.54, 1.807) is 0 Å². The Morgan fingerprint density at radius 2 is 1.44 bits per heavy atom. The SMILES string of the molecule is CCCC[Si](CCBr)(OCCC)OCCC. The van der Waals surface area contributed by atoms with Crippen LogP contribution < -0.4 is 0 Å². The Labute approximate surface area is 110 Å². The van der Waals surface area contributed by atoms with E-state index in [1.165, 1.54) is 12.8 Å². The lowest BCUT2D eigenvalue weighted by atomic mass is 10.4. The average Bonchev–Trinajstić information content (AvgIpc) is 2.31. The molecule has 0 aromatic carbocycles. The van der Waals surface area contributed by atoms with E-state index >= 15 is 0 Å². The molecular weight excluding hydrogens is 284 g/mol. The van der Waals surface area contributed by atoms with Crippen LogP contribution in [0.4, 0.5) is 0 Å². The summed E-state index contributed by atoms with van der Waals surface area (Å²) >= 11 is 3.54. The van der Waals surface area contributed by atoms with Crippen LogP contribution in [0.3, 0.4) is 0 Å². The van der Waals surface area contributed by atoms with Crippen molar-refractivity contribution < 1.29 is 8.85 Å². The lowest BCUT2D eigenvalue weighted by Gasteiger charge is -2.30. The summed E-state index contributed by atoms with van der Waals surface area (Å²) in [5.74, 6) is 0. The first kappa shape index (κ1) is 16.6. The lowest BCUT2D eigenvalue weighted by molar-refractivity contribution is 0.167. The topological polar surface area (TPSA) is 18.5 Å². The maximum Gasteiger partial charge on any atom is 0.338 e. The molecule has 0 heterocycles. The van der Waals surface area contributed by atoms with E-state index in [4.69, 9.17) is 8.85 Å². The van der Waals surface area contributed by atoms with E-state index in [1.807, 2.05) is 0 Å². The minimum absolute atomic E-state index is 0.854. The van der Waals surface area contributed by atoms with Gasteiger partial charge in [0.1, 0.15) is 0 Å². The predicted octanol–water partition coefficient (Wildman–Crippen LogP) is 4.48. The Bertz CT molecular complexity index is 134. The Morgan fingerprint density at radius 1 is 0.875 bits per heavy atom. The van der Waals surface area contributed by atoms with E-state index in [0.29, 0.717) is 0 Å². The van der Waals surface area contributed by atoms with Crippen LogP contribution in [0.2, 0.25) is 12.1 Å². The molecule has 2 nitrogen and oxygen atoms in total. The van der Waals surface area contributed by atoms with E-state index in [2.05, 4.69) is 36.7 Å². The number of unbranched alkanes of at least 4 members (excludes halogenated alkanes) is 1. The molecule has 0 aromatic heterocycles. The van der Waals surface area contributed by atoms with Crippen LogP contribution in [0.25, 0.3) is 0 Å². The Kier molecular flexibility index (Phi) is 11.2. The number of halogens is 1. The highest BCUT2D eigenvalue weighted by molar-refractivity contribution is 9.09. The lowest BCUT2D eigenvalue weighted by Crippen LogP contribution is -2.43. The summed E-state index contributed by atoms with van der Waals surface area (Å²) in [6.07, 6.45) is 4.62. The van der Waals surface area contributed by atoms with Crippen LogP contribution in [-0.4, -0.2) is 27.1 Å². The maximum atomic E-state index is 6.11. The first-order valence-corrected chi connectivity index (χ1v) is 9.93. The molecule has 0 bridgehead atoms. The van der Waals surface area contributed by atoms with E-state index < -0.39 is 8.56 Å². The maximum absolute atomic E-state index is 6.11. The van der Waals surface area contributed by atoms with Crippen LogP contribution in [0, 0.1) is 0 Å². The first-order chi connectivity index (χ1) is 7.74. The molecule has 0 atom stereocenters. The van der Waals surface area contributed by atoms with Crippen molar-refractivity contribution >= 4 is 24.5 Å². The Balaban J connectivity index is 4.32. The molecule has 16 heavy (non-hydrogen) atoms. The molecule has 0 fully saturated rings. The third-order valence-electron chi connectivity index (χ3n) is 2.53. The van der Waals surface area contributed by atoms with Gasteiger partial charge in [-0.2, -0.15) is 0 Å². The van der Waals surface area contributed by atoms with Gasteiger partial charge in [-0.15, -0.1) is 0 Å². The highest BCUT2D eigenvalue weighted by Gasteiger charge is 2.35. The van der Waals surface area contributed by atoms with Gasteiger partial charge in [0.25, 0.3) is 0 Å². The third kappa shape index (κ3) is 7.04.